The predicted octanol–water partition coefficient (Wildman–Crippen LogP) is 0.427. The number of aromatic carboxylic acids is 1. The van der Waals surface area contributed by atoms with Crippen molar-refractivity contribution >= 4 is 16.0 Å². The minimum Gasteiger partial charge on any atom is -0.477 e. The molecule has 0 radical (unpaired) electrons. The number of carbonyl (C=O) groups is 1. The predicted molar refractivity (Wildman–Crippen MR) is 68.6 cm³/mol. The van der Waals surface area contributed by atoms with Gasteiger partial charge in [-0.1, -0.05) is 0 Å². The molecule has 0 aliphatic rings. The molecular weight excluding hydrogens is 272 g/mol. The second-order valence-electron chi connectivity index (χ2n) is 4.90. The van der Waals surface area contributed by atoms with Crippen LogP contribution in [0.3, 0.4) is 0 Å². The highest BCUT2D eigenvalue weighted by atomic mass is 32.2. The summed E-state index contributed by atoms with van der Waals surface area (Å²) in [5, 5.41) is 8.91. The van der Waals surface area contributed by atoms with E-state index in [0.717, 1.165) is 6.07 Å². The lowest BCUT2D eigenvalue weighted by molar-refractivity contribution is 0.0686. The maximum Gasteiger partial charge on any atom is 0.352 e. The Kier molecular flexibility index (Phi) is 4.39. The molecule has 0 unspecified atom stereocenters. The molecule has 2 N–H and O–H groups in total. The van der Waals surface area contributed by atoms with Crippen molar-refractivity contribution in [2.45, 2.75) is 24.3 Å². The van der Waals surface area contributed by atoms with E-state index < -0.39 is 21.5 Å². The molecule has 0 saturated carbocycles. The molecule has 0 amide bonds. The molecule has 0 aliphatic carbocycles. The van der Waals surface area contributed by atoms with Crippen LogP contribution in [-0.4, -0.2) is 43.3 Å². The van der Waals surface area contributed by atoms with Crippen LogP contribution in [-0.2, 0) is 21.8 Å². The van der Waals surface area contributed by atoms with Crippen LogP contribution in [0.4, 0.5) is 0 Å². The number of sulfonamides is 1. The molecule has 7 nitrogen and oxygen atoms in total. The normalized spacial score (nSPS) is 12.6. The number of hydrogen-bond donors (Lipinski definition) is 2. The quantitative estimate of drug-likeness (QED) is 0.791. The van der Waals surface area contributed by atoms with Crippen LogP contribution < -0.4 is 4.72 Å². The lowest BCUT2D eigenvalue weighted by Crippen LogP contribution is -2.46. The summed E-state index contributed by atoms with van der Waals surface area (Å²) < 4.78 is 32.9. The van der Waals surface area contributed by atoms with Gasteiger partial charge in [-0.2, -0.15) is 0 Å². The van der Waals surface area contributed by atoms with E-state index in [0.29, 0.717) is 0 Å². The smallest absolute Gasteiger partial charge is 0.352 e. The molecule has 1 heterocycles. The molecule has 0 fully saturated rings. The molecule has 19 heavy (non-hydrogen) atoms. The number of rotatable bonds is 6. The third kappa shape index (κ3) is 3.79. The standard InChI is InChI=1S/C11H18N2O5S/c1-11(2,7-18-4)12-19(16,17)8-5-9(10(14)15)13(3)6-8/h5-6,12H,7H2,1-4H3,(H,14,15). The van der Waals surface area contributed by atoms with Gasteiger partial charge in [-0.15, -0.1) is 0 Å². The molecule has 0 aromatic carbocycles. The van der Waals surface area contributed by atoms with E-state index in [2.05, 4.69) is 4.72 Å². The maximum absolute atomic E-state index is 12.1. The van der Waals surface area contributed by atoms with E-state index in [1.807, 2.05) is 0 Å². The van der Waals surface area contributed by atoms with Crippen molar-refractivity contribution in [2.24, 2.45) is 7.05 Å². The molecule has 1 rings (SSSR count). The Morgan fingerprint density at radius 2 is 2.11 bits per heavy atom. The van der Waals surface area contributed by atoms with Crippen molar-refractivity contribution in [2.75, 3.05) is 13.7 Å². The number of aryl methyl sites for hydroxylation is 1. The van der Waals surface area contributed by atoms with Crippen LogP contribution in [0.15, 0.2) is 17.2 Å². The average Bonchev–Trinajstić information content (AvgIpc) is 2.58. The van der Waals surface area contributed by atoms with Gasteiger partial charge in [-0.25, -0.2) is 17.9 Å². The number of aromatic nitrogens is 1. The summed E-state index contributed by atoms with van der Waals surface area (Å²) in [7, 11) is -0.841. The SMILES string of the molecule is COCC(C)(C)NS(=O)(=O)c1cc(C(=O)O)n(C)c1. The van der Waals surface area contributed by atoms with Crippen LogP contribution in [0.5, 0.6) is 0 Å². The second-order valence-corrected chi connectivity index (χ2v) is 6.58. The zero-order valence-electron chi connectivity index (χ0n) is 11.3. The minimum atomic E-state index is -3.79. The fourth-order valence-electron chi connectivity index (χ4n) is 1.71. The molecule has 0 spiro atoms. The van der Waals surface area contributed by atoms with Gasteiger partial charge < -0.3 is 14.4 Å². The van der Waals surface area contributed by atoms with Crippen molar-refractivity contribution in [1.82, 2.24) is 9.29 Å². The summed E-state index contributed by atoms with van der Waals surface area (Å²) in [6, 6.07) is 1.12. The molecule has 108 valence electrons. The first-order valence-corrected chi connectivity index (χ1v) is 7.00. The highest BCUT2D eigenvalue weighted by Crippen LogP contribution is 2.16. The van der Waals surface area contributed by atoms with Crippen molar-refractivity contribution in [3.05, 3.63) is 18.0 Å². The Bertz CT molecular complexity index is 574. The average molecular weight is 290 g/mol. The monoisotopic (exact) mass is 290 g/mol. The number of hydrogen-bond acceptors (Lipinski definition) is 4. The highest BCUT2D eigenvalue weighted by molar-refractivity contribution is 7.89. The summed E-state index contributed by atoms with van der Waals surface area (Å²) >= 11 is 0. The Morgan fingerprint density at radius 3 is 2.53 bits per heavy atom. The van der Waals surface area contributed by atoms with Crippen LogP contribution in [0.25, 0.3) is 0 Å². The number of carboxylic acids is 1. The molecule has 0 atom stereocenters. The van der Waals surface area contributed by atoms with Crippen LogP contribution in [0.1, 0.15) is 24.3 Å². The zero-order chi connectivity index (χ0) is 14.8. The number of nitrogens with one attached hydrogen (secondary N) is 1. The topological polar surface area (TPSA) is 97.6 Å². The van der Waals surface area contributed by atoms with Crippen molar-refractivity contribution in [1.29, 1.82) is 0 Å². The molecule has 8 heteroatoms. The van der Waals surface area contributed by atoms with Crippen LogP contribution in [0, 0.1) is 0 Å². The van der Waals surface area contributed by atoms with Crippen molar-refractivity contribution in [3.63, 3.8) is 0 Å². The van der Waals surface area contributed by atoms with E-state index >= 15 is 0 Å². The van der Waals surface area contributed by atoms with Gasteiger partial charge in [0.25, 0.3) is 0 Å². The molecule has 1 aromatic heterocycles. The summed E-state index contributed by atoms with van der Waals surface area (Å²) in [4.78, 5) is 10.8. The number of ether oxygens (including phenoxy) is 1. The van der Waals surface area contributed by atoms with Gasteiger partial charge in [0, 0.05) is 20.4 Å². The lowest BCUT2D eigenvalue weighted by Gasteiger charge is -2.24. The summed E-state index contributed by atoms with van der Waals surface area (Å²) in [5.74, 6) is -1.18. The number of carboxylic acid groups (broad SMARTS) is 1. The zero-order valence-corrected chi connectivity index (χ0v) is 12.1. The van der Waals surface area contributed by atoms with Crippen molar-refractivity contribution in [3.8, 4) is 0 Å². The fraction of sp³-hybridized carbons (Fsp3) is 0.545. The Hall–Kier alpha value is -1.38. The largest absolute Gasteiger partial charge is 0.477 e. The Labute approximate surface area is 112 Å². The Balaban J connectivity index is 3.08. The molecular formula is C11H18N2O5S. The van der Waals surface area contributed by atoms with E-state index in [4.69, 9.17) is 9.84 Å². The van der Waals surface area contributed by atoms with Gasteiger partial charge in [0.2, 0.25) is 10.0 Å². The Morgan fingerprint density at radius 1 is 1.53 bits per heavy atom. The first-order valence-electron chi connectivity index (χ1n) is 5.51. The first kappa shape index (κ1) is 15.7. The summed E-state index contributed by atoms with van der Waals surface area (Å²) in [6.45, 7) is 3.55. The van der Waals surface area contributed by atoms with Gasteiger partial charge in [0.05, 0.1) is 12.1 Å². The molecule has 0 saturated heterocycles. The molecule has 1 aromatic rings. The lowest BCUT2D eigenvalue weighted by atomic mass is 10.1. The first-order chi connectivity index (χ1) is 8.59. The number of nitrogens with zero attached hydrogens (tertiary/aromatic N) is 1. The highest BCUT2D eigenvalue weighted by Gasteiger charge is 2.28. The number of methoxy groups -OCH3 is 1. The molecule has 0 aliphatic heterocycles. The summed E-state index contributed by atoms with van der Waals surface area (Å²) in [6.07, 6.45) is 1.26. The van der Waals surface area contributed by atoms with E-state index in [1.165, 1.54) is 24.9 Å². The van der Waals surface area contributed by atoms with Gasteiger partial charge in [0.15, 0.2) is 0 Å². The van der Waals surface area contributed by atoms with E-state index in [1.54, 1.807) is 13.8 Å². The van der Waals surface area contributed by atoms with Crippen molar-refractivity contribution < 1.29 is 23.1 Å². The molecule has 0 bridgehead atoms. The maximum atomic E-state index is 12.1. The minimum absolute atomic E-state index is 0.0865. The van der Waals surface area contributed by atoms with E-state index in [9.17, 15) is 13.2 Å². The van der Waals surface area contributed by atoms with Crippen LogP contribution in [0.2, 0.25) is 0 Å². The van der Waals surface area contributed by atoms with Gasteiger partial charge in [-0.05, 0) is 19.9 Å². The van der Waals surface area contributed by atoms with Gasteiger partial charge >= 0.3 is 5.97 Å². The fourth-order valence-corrected chi connectivity index (χ4v) is 3.17. The van der Waals surface area contributed by atoms with Gasteiger partial charge in [0.1, 0.15) is 10.6 Å². The van der Waals surface area contributed by atoms with Crippen LogP contribution >= 0.6 is 0 Å². The summed E-state index contributed by atoms with van der Waals surface area (Å²) in [5.41, 5.74) is -0.878. The van der Waals surface area contributed by atoms with E-state index in [-0.39, 0.29) is 17.2 Å². The third-order valence-electron chi connectivity index (χ3n) is 2.43. The second kappa shape index (κ2) is 5.32. The third-order valence-corrected chi connectivity index (χ3v) is 4.09. The van der Waals surface area contributed by atoms with Gasteiger partial charge in [-0.3, -0.25) is 0 Å².